The number of carbonyl (C=O) groups is 1. The first kappa shape index (κ1) is 15.6. The van der Waals surface area contributed by atoms with Crippen LogP contribution in [0.5, 0.6) is 0 Å². The van der Waals surface area contributed by atoms with Crippen molar-refractivity contribution in [1.82, 2.24) is 4.31 Å². The molecule has 1 aliphatic heterocycles. The summed E-state index contributed by atoms with van der Waals surface area (Å²) in [6.45, 7) is 0.0388. The average molecular weight is 320 g/mol. The lowest BCUT2D eigenvalue weighted by atomic mass is 10.0. The number of halogens is 2. The van der Waals surface area contributed by atoms with E-state index >= 15 is 0 Å². The van der Waals surface area contributed by atoms with Gasteiger partial charge in [-0.25, -0.2) is 8.78 Å². The summed E-state index contributed by atoms with van der Waals surface area (Å²) in [5.74, 6) is -4.07. The van der Waals surface area contributed by atoms with Crippen LogP contribution in [-0.4, -0.2) is 36.9 Å². The summed E-state index contributed by atoms with van der Waals surface area (Å²) in [7, 11) is -4.00. The number of anilines is 1. The van der Waals surface area contributed by atoms with Crippen LogP contribution in [0, 0.1) is 17.6 Å². The molecule has 0 aromatic heterocycles. The second kappa shape index (κ2) is 5.94. The summed E-state index contributed by atoms with van der Waals surface area (Å²) in [5, 5.41) is 8.95. The molecule has 1 atom stereocenters. The summed E-state index contributed by atoms with van der Waals surface area (Å²) in [6, 6.07) is 2.63. The van der Waals surface area contributed by atoms with Gasteiger partial charge in [0.25, 0.3) is 0 Å². The standard InChI is InChI=1S/C12H14F2N2O4S/c13-10-4-3-9(6-11(10)14)15-21(19,20)16-5-1-2-8(7-16)12(17)18/h3-4,6,8,15H,1-2,5,7H2,(H,17,18). The highest BCUT2D eigenvalue weighted by atomic mass is 32.2. The van der Waals surface area contributed by atoms with Gasteiger partial charge in [0, 0.05) is 19.2 Å². The van der Waals surface area contributed by atoms with Crippen molar-refractivity contribution in [1.29, 1.82) is 0 Å². The highest BCUT2D eigenvalue weighted by Gasteiger charge is 2.32. The summed E-state index contributed by atoms with van der Waals surface area (Å²) in [4.78, 5) is 10.9. The molecule has 2 N–H and O–H groups in total. The van der Waals surface area contributed by atoms with Crippen LogP contribution in [0.25, 0.3) is 0 Å². The highest BCUT2D eigenvalue weighted by molar-refractivity contribution is 7.90. The Morgan fingerprint density at radius 1 is 1.33 bits per heavy atom. The van der Waals surface area contributed by atoms with Crippen LogP contribution >= 0.6 is 0 Å². The Balaban J connectivity index is 2.14. The van der Waals surface area contributed by atoms with E-state index in [-0.39, 0.29) is 18.8 Å². The Morgan fingerprint density at radius 3 is 2.67 bits per heavy atom. The number of carboxylic acids is 1. The Bertz CT molecular complexity index is 651. The molecule has 0 saturated carbocycles. The average Bonchev–Trinajstić information content (AvgIpc) is 2.43. The maximum atomic E-state index is 13.1. The van der Waals surface area contributed by atoms with Gasteiger partial charge in [-0.1, -0.05) is 0 Å². The smallest absolute Gasteiger partial charge is 0.307 e. The maximum Gasteiger partial charge on any atom is 0.307 e. The number of piperidine rings is 1. The Morgan fingerprint density at radius 2 is 2.05 bits per heavy atom. The second-order valence-electron chi connectivity index (χ2n) is 4.77. The lowest BCUT2D eigenvalue weighted by Gasteiger charge is -2.29. The zero-order valence-corrected chi connectivity index (χ0v) is 11.7. The van der Waals surface area contributed by atoms with Crippen molar-refractivity contribution in [3.05, 3.63) is 29.8 Å². The number of aliphatic carboxylic acids is 1. The Labute approximate surface area is 120 Å². The summed E-state index contributed by atoms with van der Waals surface area (Å²) < 4.78 is 53.2. The van der Waals surface area contributed by atoms with Crippen molar-refractivity contribution in [2.45, 2.75) is 12.8 Å². The number of nitrogens with zero attached hydrogens (tertiary/aromatic N) is 1. The molecule has 1 aliphatic rings. The summed E-state index contributed by atoms with van der Waals surface area (Å²) in [5.41, 5.74) is -0.119. The van der Waals surface area contributed by atoms with Crippen molar-refractivity contribution >= 4 is 21.9 Å². The highest BCUT2D eigenvalue weighted by Crippen LogP contribution is 2.21. The maximum absolute atomic E-state index is 13.1. The molecular weight excluding hydrogens is 306 g/mol. The van der Waals surface area contributed by atoms with Crippen molar-refractivity contribution in [2.24, 2.45) is 5.92 Å². The predicted octanol–water partition coefficient (Wildman–Crippen LogP) is 1.42. The van der Waals surface area contributed by atoms with E-state index in [4.69, 9.17) is 5.11 Å². The van der Waals surface area contributed by atoms with E-state index in [2.05, 4.69) is 4.72 Å². The molecule has 1 unspecified atom stereocenters. The van der Waals surface area contributed by atoms with Gasteiger partial charge in [0.05, 0.1) is 11.6 Å². The fourth-order valence-electron chi connectivity index (χ4n) is 2.14. The molecule has 0 amide bonds. The van der Waals surface area contributed by atoms with E-state index < -0.39 is 33.7 Å². The van der Waals surface area contributed by atoms with E-state index in [9.17, 15) is 22.0 Å². The van der Waals surface area contributed by atoms with Crippen molar-refractivity contribution < 1.29 is 27.1 Å². The minimum atomic E-state index is -4.00. The molecule has 21 heavy (non-hydrogen) atoms. The van der Waals surface area contributed by atoms with Crippen LogP contribution in [0.2, 0.25) is 0 Å². The van der Waals surface area contributed by atoms with E-state index in [0.29, 0.717) is 12.8 Å². The van der Waals surface area contributed by atoms with Crippen molar-refractivity contribution in [3.63, 3.8) is 0 Å². The van der Waals surface area contributed by atoms with Crippen LogP contribution in [0.15, 0.2) is 18.2 Å². The van der Waals surface area contributed by atoms with Gasteiger partial charge in [0.1, 0.15) is 0 Å². The van der Waals surface area contributed by atoms with Gasteiger partial charge in [-0.2, -0.15) is 12.7 Å². The lowest BCUT2D eigenvalue weighted by molar-refractivity contribution is -0.142. The largest absolute Gasteiger partial charge is 0.481 e. The van der Waals surface area contributed by atoms with Crippen LogP contribution in [0.4, 0.5) is 14.5 Å². The monoisotopic (exact) mass is 320 g/mol. The minimum Gasteiger partial charge on any atom is -0.481 e. The number of hydrogen-bond acceptors (Lipinski definition) is 3. The second-order valence-corrected chi connectivity index (χ2v) is 6.44. The lowest BCUT2D eigenvalue weighted by Crippen LogP contribution is -2.44. The molecule has 116 valence electrons. The third-order valence-corrected chi connectivity index (χ3v) is 4.74. The molecule has 1 aromatic rings. The molecule has 6 nitrogen and oxygen atoms in total. The molecule has 0 aliphatic carbocycles. The third-order valence-electron chi connectivity index (χ3n) is 3.24. The van der Waals surface area contributed by atoms with Gasteiger partial charge in [0.2, 0.25) is 0 Å². The molecule has 1 fully saturated rings. The van der Waals surface area contributed by atoms with Gasteiger partial charge >= 0.3 is 16.2 Å². The first-order valence-corrected chi connectivity index (χ1v) is 7.69. The number of hydrogen-bond donors (Lipinski definition) is 2. The van der Waals surface area contributed by atoms with Gasteiger partial charge in [-0.15, -0.1) is 0 Å². The van der Waals surface area contributed by atoms with E-state index in [0.717, 1.165) is 22.5 Å². The van der Waals surface area contributed by atoms with Crippen LogP contribution in [0.3, 0.4) is 0 Å². The van der Waals surface area contributed by atoms with Crippen LogP contribution in [0.1, 0.15) is 12.8 Å². The van der Waals surface area contributed by atoms with Crippen LogP contribution < -0.4 is 4.72 Å². The Hall–Kier alpha value is -1.74. The molecule has 0 bridgehead atoms. The van der Waals surface area contributed by atoms with Gasteiger partial charge in [-0.3, -0.25) is 9.52 Å². The molecule has 1 saturated heterocycles. The topological polar surface area (TPSA) is 86.7 Å². The van der Waals surface area contributed by atoms with E-state index in [1.165, 1.54) is 0 Å². The molecular formula is C12H14F2N2O4S. The summed E-state index contributed by atoms with van der Waals surface area (Å²) >= 11 is 0. The first-order valence-electron chi connectivity index (χ1n) is 6.25. The van der Waals surface area contributed by atoms with Crippen molar-refractivity contribution in [3.8, 4) is 0 Å². The summed E-state index contributed by atoms with van der Waals surface area (Å²) in [6.07, 6.45) is 0.836. The molecule has 1 aromatic carbocycles. The number of rotatable bonds is 4. The molecule has 0 spiro atoms. The zero-order chi connectivity index (χ0) is 15.6. The number of carboxylic acid groups (broad SMARTS) is 1. The fraction of sp³-hybridized carbons (Fsp3) is 0.417. The SMILES string of the molecule is O=C(O)C1CCCN(S(=O)(=O)Nc2ccc(F)c(F)c2)C1. The fourth-order valence-corrected chi connectivity index (χ4v) is 3.43. The van der Waals surface area contributed by atoms with Gasteiger partial charge < -0.3 is 5.11 Å². The van der Waals surface area contributed by atoms with E-state index in [1.807, 2.05) is 0 Å². The van der Waals surface area contributed by atoms with E-state index in [1.54, 1.807) is 0 Å². The number of nitrogens with one attached hydrogen (secondary N) is 1. The van der Waals surface area contributed by atoms with Gasteiger partial charge in [0.15, 0.2) is 11.6 Å². The molecule has 9 heteroatoms. The minimum absolute atomic E-state index is 0.119. The quantitative estimate of drug-likeness (QED) is 0.878. The molecule has 2 rings (SSSR count). The normalized spacial score (nSPS) is 20.2. The molecule has 0 radical (unpaired) electrons. The van der Waals surface area contributed by atoms with Crippen LogP contribution in [-0.2, 0) is 15.0 Å². The van der Waals surface area contributed by atoms with Crippen molar-refractivity contribution in [2.75, 3.05) is 17.8 Å². The zero-order valence-electron chi connectivity index (χ0n) is 10.9. The third kappa shape index (κ3) is 3.67. The first-order chi connectivity index (χ1) is 9.79. The number of benzene rings is 1. The molecule has 1 heterocycles. The van der Waals surface area contributed by atoms with Gasteiger partial charge in [-0.05, 0) is 25.0 Å². The Kier molecular flexibility index (Phi) is 4.43. The predicted molar refractivity (Wildman–Crippen MR) is 70.8 cm³/mol.